The first kappa shape index (κ1) is 21.3. The first-order valence-corrected chi connectivity index (χ1v) is 10.6. The summed E-state index contributed by atoms with van der Waals surface area (Å²) in [5.41, 5.74) is 0.553. The zero-order valence-electron chi connectivity index (χ0n) is 16.3. The quantitative estimate of drug-likeness (QED) is 0.600. The van der Waals surface area contributed by atoms with E-state index in [2.05, 4.69) is 10.0 Å². The van der Waals surface area contributed by atoms with Crippen LogP contribution in [0.15, 0.2) is 29.2 Å². The second-order valence-corrected chi connectivity index (χ2v) is 8.89. The molecule has 1 aromatic rings. The molecule has 1 aliphatic heterocycles. The number of hydrogen-bond donors (Lipinski definition) is 3. The van der Waals surface area contributed by atoms with Gasteiger partial charge in [-0.05, 0) is 45.0 Å². The number of quaternary nitrogens is 1. The minimum Gasteiger partial charge on any atom is -0.332 e. The molecule has 0 aliphatic carbocycles. The van der Waals surface area contributed by atoms with Crippen molar-refractivity contribution in [3.63, 3.8) is 0 Å². The highest BCUT2D eigenvalue weighted by Crippen LogP contribution is 2.14. The van der Waals surface area contributed by atoms with Crippen molar-refractivity contribution in [3.05, 3.63) is 24.3 Å². The molecule has 1 aliphatic rings. The zero-order chi connectivity index (χ0) is 20.2. The van der Waals surface area contributed by atoms with E-state index in [1.54, 1.807) is 37.8 Å². The summed E-state index contributed by atoms with van der Waals surface area (Å²) >= 11 is 0. The molecule has 1 heterocycles. The molecule has 1 aromatic carbocycles. The van der Waals surface area contributed by atoms with Gasteiger partial charge < -0.3 is 15.1 Å². The van der Waals surface area contributed by atoms with Gasteiger partial charge in [-0.2, -0.15) is 0 Å². The lowest BCUT2D eigenvalue weighted by Crippen LogP contribution is -3.19. The molecule has 0 aromatic heterocycles. The number of hydrogen-bond acceptors (Lipinski definition) is 4. The molecule has 8 nitrogen and oxygen atoms in total. The summed E-state index contributed by atoms with van der Waals surface area (Å²) in [6, 6.07) is 5.67. The van der Waals surface area contributed by atoms with E-state index in [1.807, 2.05) is 6.92 Å². The predicted molar refractivity (Wildman–Crippen MR) is 103 cm³/mol. The Morgan fingerprint density at radius 3 is 2.11 bits per heavy atom. The normalized spacial score (nSPS) is 17.0. The highest BCUT2D eigenvalue weighted by molar-refractivity contribution is 7.89. The van der Waals surface area contributed by atoms with Gasteiger partial charge in [-0.15, -0.1) is 0 Å². The summed E-state index contributed by atoms with van der Waals surface area (Å²) in [4.78, 5) is 27.0. The van der Waals surface area contributed by atoms with E-state index in [0.29, 0.717) is 18.8 Å². The standard InChI is InChI=1S/C18H28N4O4S/c1-13(2)20-27(25,26)17-7-5-16(6-8-17)19-18(24)14(3)21-9-11-22(12-10-21)15(4)23/h5-8,13-14,20H,9-12H2,1-4H3,(H,19,24)/p+1/t14-/m0/s1. The Bertz CT molecular complexity index is 769. The summed E-state index contributed by atoms with van der Waals surface area (Å²) < 4.78 is 26.8. The third-order valence-corrected chi connectivity index (χ3v) is 6.35. The first-order chi connectivity index (χ1) is 12.6. The largest absolute Gasteiger partial charge is 0.332 e. The predicted octanol–water partition coefficient (Wildman–Crippen LogP) is -0.553. The Balaban J connectivity index is 1.95. The molecular formula is C18H29N4O4S+. The Morgan fingerprint density at radius 1 is 1.07 bits per heavy atom. The van der Waals surface area contributed by atoms with Crippen molar-refractivity contribution in [2.75, 3.05) is 31.5 Å². The van der Waals surface area contributed by atoms with Crippen LogP contribution in [0, 0.1) is 0 Å². The van der Waals surface area contributed by atoms with E-state index in [-0.39, 0.29) is 28.8 Å². The van der Waals surface area contributed by atoms with Crippen LogP contribution in [0.5, 0.6) is 0 Å². The molecule has 9 heteroatoms. The van der Waals surface area contributed by atoms with Gasteiger partial charge in [-0.3, -0.25) is 9.59 Å². The highest BCUT2D eigenvalue weighted by Gasteiger charge is 2.30. The minimum atomic E-state index is -3.55. The van der Waals surface area contributed by atoms with Crippen LogP contribution in [0.2, 0.25) is 0 Å². The molecule has 3 N–H and O–H groups in total. The van der Waals surface area contributed by atoms with Gasteiger partial charge in [-0.1, -0.05) is 0 Å². The maximum Gasteiger partial charge on any atom is 0.282 e. The number of amides is 2. The summed E-state index contributed by atoms with van der Waals surface area (Å²) in [6.45, 7) is 9.69. The lowest BCUT2D eigenvalue weighted by atomic mass is 10.2. The Kier molecular flexibility index (Phi) is 6.96. The molecule has 2 rings (SSSR count). The van der Waals surface area contributed by atoms with Gasteiger partial charge in [0.25, 0.3) is 5.91 Å². The molecule has 0 bridgehead atoms. The molecule has 0 spiro atoms. The number of carbonyl (C=O) groups excluding carboxylic acids is 2. The number of carbonyl (C=O) groups is 2. The average Bonchev–Trinajstić information content (AvgIpc) is 2.60. The molecule has 2 amide bonds. The minimum absolute atomic E-state index is 0.0631. The van der Waals surface area contributed by atoms with Crippen molar-refractivity contribution in [2.24, 2.45) is 0 Å². The number of anilines is 1. The van der Waals surface area contributed by atoms with E-state index < -0.39 is 10.0 Å². The van der Waals surface area contributed by atoms with E-state index >= 15 is 0 Å². The molecule has 1 atom stereocenters. The maximum absolute atomic E-state index is 12.5. The van der Waals surface area contributed by atoms with Crippen molar-refractivity contribution in [2.45, 2.75) is 44.7 Å². The third kappa shape index (κ3) is 5.75. The lowest BCUT2D eigenvalue weighted by Gasteiger charge is -2.34. The lowest BCUT2D eigenvalue weighted by molar-refractivity contribution is -0.917. The average molecular weight is 398 g/mol. The van der Waals surface area contributed by atoms with Crippen molar-refractivity contribution in [1.29, 1.82) is 0 Å². The molecular weight excluding hydrogens is 368 g/mol. The van der Waals surface area contributed by atoms with Crippen molar-refractivity contribution >= 4 is 27.5 Å². The van der Waals surface area contributed by atoms with Crippen LogP contribution in [-0.2, 0) is 19.6 Å². The zero-order valence-corrected chi connectivity index (χ0v) is 17.1. The highest BCUT2D eigenvalue weighted by atomic mass is 32.2. The molecule has 0 unspecified atom stereocenters. The van der Waals surface area contributed by atoms with Crippen molar-refractivity contribution < 1.29 is 22.9 Å². The molecule has 150 valence electrons. The molecule has 0 saturated carbocycles. The third-order valence-electron chi connectivity index (χ3n) is 4.68. The molecule has 1 saturated heterocycles. The Morgan fingerprint density at radius 2 is 1.63 bits per heavy atom. The van der Waals surface area contributed by atoms with Gasteiger partial charge in [0, 0.05) is 18.7 Å². The van der Waals surface area contributed by atoms with Gasteiger partial charge in [-0.25, -0.2) is 13.1 Å². The number of benzene rings is 1. The second-order valence-electron chi connectivity index (χ2n) is 7.18. The summed E-state index contributed by atoms with van der Waals surface area (Å²) in [6.07, 6.45) is 0. The van der Waals surface area contributed by atoms with Crippen LogP contribution in [-0.4, -0.2) is 63.4 Å². The smallest absolute Gasteiger partial charge is 0.282 e. The van der Waals surface area contributed by atoms with E-state index in [4.69, 9.17) is 0 Å². The van der Waals surface area contributed by atoms with Gasteiger partial charge in [0.1, 0.15) is 0 Å². The molecule has 1 fully saturated rings. The van der Waals surface area contributed by atoms with Crippen molar-refractivity contribution in [3.8, 4) is 0 Å². The van der Waals surface area contributed by atoms with Crippen molar-refractivity contribution in [1.82, 2.24) is 9.62 Å². The summed E-state index contributed by atoms with van der Waals surface area (Å²) in [5, 5.41) is 2.84. The first-order valence-electron chi connectivity index (χ1n) is 9.13. The number of nitrogens with one attached hydrogen (secondary N) is 3. The van der Waals surface area contributed by atoms with Gasteiger partial charge in [0.05, 0.1) is 31.1 Å². The fourth-order valence-corrected chi connectivity index (χ4v) is 4.32. The van der Waals surface area contributed by atoms with Crippen LogP contribution >= 0.6 is 0 Å². The van der Waals surface area contributed by atoms with Gasteiger partial charge in [0.2, 0.25) is 15.9 Å². The fourth-order valence-electron chi connectivity index (χ4n) is 3.07. The monoisotopic (exact) mass is 397 g/mol. The maximum atomic E-state index is 12.5. The fraction of sp³-hybridized carbons (Fsp3) is 0.556. The number of nitrogens with zero attached hydrogens (tertiary/aromatic N) is 1. The number of piperazine rings is 1. The van der Waals surface area contributed by atoms with E-state index in [9.17, 15) is 18.0 Å². The van der Waals surface area contributed by atoms with E-state index in [0.717, 1.165) is 18.0 Å². The summed E-state index contributed by atoms with van der Waals surface area (Å²) in [7, 11) is -3.55. The van der Waals surface area contributed by atoms with Gasteiger partial charge >= 0.3 is 0 Å². The Labute approximate surface area is 161 Å². The van der Waals surface area contributed by atoms with Crippen LogP contribution in [0.1, 0.15) is 27.7 Å². The Hall–Kier alpha value is -1.97. The topological polar surface area (TPSA) is 100 Å². The second kappa shape index (κ2) is 8.81. The van der Waals surface area contributed by atoms with Crippen LogP contribution < -0.4 is 14.9 Å². The van der Waals surface area contributed by atoms with Crippen LogP contribution in [0.25, 0.3) is 0 Å². The molecule has 27 heavy (non-hydrogen) atoms. The van der Waals surface area contributed by atoms with E-state index in [1.165, 1.54) is 12.1 Å². The molecule has 0 radical (unpaired) electrons. The number of rotatable bonds is 6. The number of sulfonamides is 1. The van der Waals surface area contributed by atoms with Crippen LogP contribution in [0.3, 0.4) is 0 Å². The summed E-state index contributed by atoms with van der Waals surface area (Å²) in [5.74, 6) is -0.0645. The van der Waals surface area contributed by atoms with Crippen LogP contribution in [0.4, 0.5) is 5.69 Å². The van der Waals surface area contributed by atoms with Gasteiger partial charge in [0.15, 0.2) is 6.04 Å². The SMILES string of the molecule is CC(=O)N1CC[NH+]([C@@H](C)C(=O)Nc2ccc(S(=O)(=O)NC(C)C)cc2)CC1.